The standard InChI is InChI=1S/C59H46N4S/c1-38(42-19-9-5-10-20-42)60-58(44-23-13-7-14-24-44)62-40(3)50-28-17-27-49-35-48-32-31-46(36-53(48)56(49)50)47-33-34-55-54(37-47)52-30-18-29-51(57(52)64-55)41(4)63-59(45-25-15-8-16-26-45)61-39(2)43-21-11-6-12-22-43/h5-15,17-25,27-34,36-37H,2-3,16,26,35H2,1,4H3. The Bertz CT molecular complexity index is 3320. The summed E-state index contributed by atoms with van der Waals surface area (Å²) in [6.45, 7) is 13.0. The van der Waals surface area contributed by atoms with Crippen molar-refractivity contribution in [2.75, 3.05) is 0 Å². The summed E-state index contributed by atoms with van der Waals surface area (Å²) >= 11 is 1.82. The van der Waals surface area contributed by atoms with Crippen LogP contribution in [0.2, 0.25) is 0 Å². The van der Waals surface area contributed by atoms with E-state index in [4.69, 9.17) is 20.0 Å². The fraction of sp³-hybridized carbons (Fsp3) is 0.0847. The first-order chi connectivity index (χ1) is 31.4. The fourth-order valence-corrected chi connectivity index (χ4v) is 10.00. The van der Waals surface area contributed by atoms with Crippen LogP contribution in [0, 0.1) is 0 Å². The summed E-state index contributed by atoms with van der Waals surface area (Å²) in [6.07, 6.45) is 9.15. The summed E-state index contributed by atoms with van der Waals surface area (Å²) in [5, 5.41) is 2.46. The Balaban J connectivity index is 1.00. The second-order valence-corrected chi connectivity index (χ2v) is 17.4. The van der Waals surface area contributed by atoms with Gasteiger partial charge < -0.3 is 0 Å². The van der Waals surface area contributed by atoms with Crippen molar-refractivity contribution < 1.29 is 0 Å². The van der Waals surface area contributed by atoms with Gasteiger partial charge in [-0.2, -0.15) is 0 Å². The molecule has 8 aromatic rings. The van der Waals surface area contributed by atoms with E-state index in [0.717, 1.165) is 69.9 Å². The van der Waals surface area contributed by atoms with Gasteiger partial charge in [0.2, 0.25) is 0 Å². The smallest absolute Gasteiger partial charge is 0.160 e. The Morgan fingerprint density at radius 2 is 1.19 bits per heavy atom. The molecule has 2 aliphatic carbocycles. The molecule has 0 spiro atoms. The first-order valence-corrected chi connectivity index (χ1v) is 22.6. The third kappa shape index (κ3) is 8.10. The molecule has 0 amide bonds. The minimum atomic E-state index is 0.638. The molecule has 0 unspecified atom stereocenters. The molecule has 0 radical (unpaired) electrons. The van der Waals surface area contributed by atoms with Gasteiger partial charge in [0.15, 0.2) is 11.7 Å². The van der Waals surface area contributed by atoms with Crippen LogP contribution in [0.1, 0.15) is 65.6 Å². The van der Waals surface area contributed by atoms with Crippen LogP contribution in [-0.4, -0.2) is 23.1 Å². The van der Waals surface area contributed by atoms with Crippen LogP contribution in [-0.2, 0) is 6.42 Å². The number of fused-ring (bicyclic) bond motifs is 6. The molecule has 0 aliphatic heterocycles. The molecule has 5 heteroatoms. The van der Waals surface area contributed by atoms with Gasteiger partial charge in [0.1, 0.15) is 0 Å². The summed E-state index contributed by atoms with van der Waals surface area (Å²) < 4.78 is 2.47. The van der Waals surface area contributed by atoms with Crippen LogP contribution < -0.4 is 0 Å². The lowest BCUT2D eigenvalue weighted by Gasteiger charge is -2.12. The third-order valence-electron chi connectivity index (χ3n) is 12.1. The van der Waals surface area contributed by atoms with Gasteiger partial charge >= 0.3 is 0 Å². The lowest BCUT2D eigenvalue weighted by Crippen LogP contribution is -2.07. The number of benzene rings is 7. The first-order valence-electron chi connectivity index (χ1n) is 21.8. The highest BCUT2D eigenvalue weighted by Crippen LogP contribution is 2.44. The van der Waals surface area contributed by atoms with Crippen molar-refractivity contribution in [2.24, 2.45) is 20.0 Å². The Kier molecular flexibility index (Phi) is 11.2. The molecule has 10 rings (SSSR count). The topological polar surface area (TPSA) is 49.4 Å². The minimum absolute atomic E-state index is 0.638. The molecule has 64 heavy (non-hydrogen) atoms. The zero-order valence-corrected chi connectivity index (χ0v) is 36.9. The van der Waals surface area contributed by atoms with Gasteiger partial charge in [-0.05, 0) is 101 Å². The maximum Gasteiger partial charge on any atom is 0.160 e. The van der Waals surface area contributed by atoms with Gasteiger partial charge in [0.05, 0.1) is 11.4 Å². The highest BCUT2D eigenvalue weighted by molar-refractivity contribution is 7.26. The van der Waals surface area contributed by atoms with Crippen LogP contribution in [0.4, 0.5) is 0 Å². The number of amidine groups is 2. The molecule has 4 nitrogen and oxygen atoms in total. The van der Waals surface area contributed by atoms with Crippen molar-refractivity contribution in [1.82, 2.24) is 0 Å². The average Bonchev–Trinajstić information content (AvgIpc) is 3.92. The molecular weight excluding hydrogens is 797 g/mol. The zero-order chi connectivity index (χ0) is 43.6. The van der Waals surface area contributed by atoms with Crippen molar-refractivity contribution in [1.29, 1.82) is 0 Å². The van der Waals surface area contributed by atoms with Crippen molar-refractivity contribution in [3.8, 4) is 22.3 Å². The Morgan fingerprint density at radius 1 is 0.531 bits per heavy atom. The number of thiophene rings is 1. The number of allylic oxidation sites excluding steroid dienone is 3. The molecule has 0 saturated heterocycles. The minimum Gasteiger partial charge on any atom is -0.233 e. The molecule has 0 atom stereocenters. The SMILES string of the molecule is C=C(N=C(N=C(C)c1cccc2c1sc1ccc(-c3ccc4c(c3)-c3c(cccc3C(=C)N=C(N=C(C)c3ccccc3)c3ccccc3)C4)cc12)C1=CC=CCC1)c1ccccc1. The van der Waals surface area contributed by atoms with Crippen LogP contribution in [0.5, 0.6) is 0 Å². The van der Waals surface area contributed by atoms with Gasteiger partial charge in [0.25, 0.3) is 0 Å². The summed E-state index contributed by atoms with van der Waals surface area (Å²) in [4.78, 5) is 20.5. The Morgan fingerprint density at radius 3 is 1.94 bits per heavy atom. The van der Waals surface area contributed by atoms with Crippen LogP contribution >= 0.6 is 11.3 Å². The van der Waals surface area contributed by atoms with Gasteiger partial charge in [0, 0.05) is 48.3 Å². The van der Waals surface area contributed by atoms with E-state index in [0.29, 0.717) is 17.2 Å². The summed E-state index contributed by atoms with van der Waals surface area (Å²) in [6, 6.07) is 57.4. The van der Waals surface area contributed by atoms with E-state index in [2.05, 4.69) is 135 Å². The number of hydrogen-bond acceptors (Lipinski definition) is 3. The average molecular weight is 843 g/mol. The molecule has 0 fully saturated rings. The van der Waals surface area contributed by atoms with E-state index in [1.54, 1.807) is 0 Å². The maximum absolute atomic E-state index is 5.24. The van der Waals surface area contributed by atoms with E-state index in [9.17, 15) is 0 Å². The normalized spacial score (nSPS) is 14.1. The first kappa shape index (κ1) is 40.5. The third-order valence-corrected chi connectivity index (χ3v) is 13.3. The van der Waals surface area contributed by atoms with E-state index >= 15 is 0 Å². The second kappa shape index (κ2) is 17.6. The number of hydrogen-bond donors (Lipinski definition) is 0. The van der Waals surface area contributed by atoms with E-state index in [1.165, 1.54) is 53.6 Å². The molecule has 0 saturated carbocycles. The quantitative estimate of drug-likeness (QED) is 0.103. The summed E-state index contributed by atoms with van der Waals surface area (Å²) in [5.41, 5.74) is 16.8. The van der Waals surface area contributed by atoms with E-state index in [-0.39, 0.29) is 0 Å². The summed E-state index contributed by atoms with van der Waals surface area (Å²) in [7, 11) is 0. The number of aliphatic imine (C=N–C) groups is 4. The lowest BCUT2D eigenvalue weighted by atomic mass is 9.94. The molecule has 1 heterocycles. The second-order valence-electron chi connectivity index (χ2n) is 16.3. The van der Waals surface area contributed by atoms with Crippen molar-refractivity contribution in [3.05, 3.63) is 240 Å². The largest absolute Gasteiger partial charge is 0.233 e. The van der Waals surface area contributed by atoms with Crippen LogP contribution in [0.25, 0.3) is 53.8 Å². The van der Waals surface area contributed by atoms with Crippen LogP contribution in [0.15, 0.2) is 221 Å². The van der Waals surface area contributed by atoms with Gasteiger partial charge in [-0.3, -0.25) is 0 Å². The Hall–Kier alpha value is -7.60. The van der Waals surface area contributed by atoms with Crippen molar-refractivity contribution in [3.63, 3.8) is 0 Å². The highest BCUT2D eigenvalue weighted by Gasteiger charge is 2.24. The number of rotatable bonds is 9. The molecule has 1 aromatic heterocycles. The number of nitrogens with zero attached hydrogens (tertiary/aromatic N) is 4. The van der Waals surface area contributed by atoms with Crippen molar-refractivity contribution >= 4 is 66.0 Å². The molecule has 7 aromatic carbocycles. The highest BCUT2D eigenvalue weighted by atomic mass is 32.1. The van der Waals surface area contributed by atoms with Gasteiger partial charge in [-0.1, -0.05) is 177 Å². The lowest BCUT2D eigenvalue weighted by molar-refractivity contribution is 0.999. The molecular formula is C59H46N4S. The maximum atomic E-state index is 5.24. The molecule has 308 valence electrons. The monoisotopic (exact) mass is 842 g/mol. The molecule has 0 N–H and O–H groups in total. The van der Waals surface area contributed by atoms with Crippen LogP contribution in [0.3, 0.4) is 0 Å². The summed E-state index contributed by atoms with van der Waals surface area (Å²) in [5.74, 6) is 1.36. The van der Waals surface area contributed by atoms with Crippen molar-refractivity contribution in [2.45, 2.75) is 33.1 Å². The predicted molar refractivity (Wildman–Crippen MR) is 275 cm³/mol. The van der Waals surface area contributed by atoms with E-state index < -0.39 is 0 Å². The molecule has 2 aliphatic rings. The zero-order valence-electron chi connectivity index (χ0n) is 36.1. The van der Waals surface area contributed by atoms with E-state index in [1.807, 2.05) is 85.0 Å². The Labute approximate surface area is 379 Å². The van der Waals surface area contributed by atoms with Gasteiger partial charge in [-0.15, -0.1) is 11.3 Å². The predicted octanol–water partition coefficient (Wildman–Crippen LogP) is 15.4. The molecule has 0 bridgehead atoms. The fourth-order valence-electron chi connectivity index (χ4n) is 8.75. The van der Waals surface area contributed by atoms with Gasteiger partial charge in [-0.25, -0.2) is 20.0 Å².